The molecule has 1 N–H and O–H groups in total. The van der Waals surface area contributed by atoms with Crippen LogP contribution in [0.15, 0.2) is 65.5 Å². The number of pyridine rings is 1. The summed E-state index contributed by atoms with van der Waals surface area (Å²) >= 11 is 0. The van der Waals surface area contributed by atoms with Gasteiger partial charge in [0.25, 0.3) is 5.56 Å². The van der Waals surface area contributed by atoms with Crippen molar-refractivity contribution in [1.29, 1.82) is 5.26 Å². The van der Waals surface area contributed by atoms with Crippen LogP contribution in [-0.2, 0) is 11.3 Å². The molecule has 6 heteroatoms. The van der Waals surface area contributed by atoms with Gasteiger partial charge in [0.15, 0.2) is 5.78 Å². The lowest BCUT2D eigenvalue weighted by atomic mass is 9.83. The van der Waals surface area contributed by atoms with Gasteiger partial charge in [-0.15, -0.1) is 0 Å². The Bertz CT molecular complexity index is 1120. The van der Waals surface area contributed by atoms with E-state index in [9.17, 15) is 20.0 Å². The van der Waals surface area contributed by atoms with Gasteiger partial charge in [-0.2, -0.15) is 5.26 Å². The first kappa shape index (κ1) is 22.0. The number of ketones is 1. The van der Waals surface area contributed by atoms with Gasteiger partial charge in [0.1, 0.15) is 11.6 Å². The standard InChI is InChI=1S/C25H24N2O4/c1-17-20(16-26)24(29)27(14-9-15-31-2)25(30)21(17)23(28)22(18-10-5-3-6-11-18)19-12-7-4-8-13-19/h3-8,10-13,22,30H,9,14-15H2,1-2H3. The van der Waals surface area contributed by atoms with E-state index in [0.29, 0.717) is 13.0 Å². The van der Waals surface area contributed by atoms with Gasteiger partial charge in [-0.25, -0.2) is 0 Å². The fourth-order valence-corrected chi connectivity index (χ4v) is 3.75. The maximum absolute atomic E-state index is 13.8. The van der Waals surface area contributed by atoms with Crippen LogP contribution in [0.2, 0.25) is 0 Å². The molecular weight excluding hydrogens is 392 g/mol. The Labute approximate surface area is 181 Å². The number of nitriles is 1. The number of carbonyl (C=O) groups is 1. The summed E-state index contributed by atoms with van der Waals surface area (Å²) in [5, 5.41) is 20.6. The highest BCUT2D eigenvalue weighted by Crippen LogP contribution is 2.33. The SMILES string of the molecule is COCCCn1c(O)c(C(=O)C(c2ccccc2)c2ccccc2)c(C)c(C#N)c1=O. The molecule has 31 heavy (non-hydrogen) atoms. The summed E-state index contributed by atoms with van der Waals surface area (Å²) < 4.78 is 6.11. The van der Waals surface area contributed by atoms with Crippen LogP contribution in [0.5, 0.6) is 5.88 Å². The molecule has 0 unspecified atom stereocenters. The predicted octanol–water partition coefficient (Wildman–Crippen LogP) is 3.79. The Kier molecular flexibility index (Phi) is 7.01. The van der Waals surface area contributed by atoms with Crippen LogP contribution in [0, 0.1) is 18.3 Å². The van der Waals surface area contributed by atoms with Crippen LogP contribution in [0.25, 0.3) is 0 Å². The Balaban J connectivity index is 2.21. The molecule has 0 fully saturated rings. The fraction of sp³-hybridized carbons (Fsp3) is 0.240. The minimum absolute atomic E-state index is 0.00808. The van der Waals surface area contributed by atoms with Crippen molar-refractivity contribution in [3.63, 3.8) is 0 Å². The quantitative estimate of drug-likeness (QED) is 0.446. The zero-order valence-corrected chi connectivity index (χ0v) is 17.5. The molecule has 2 aromatic carbocycles. The van der Waals surface area contributed by atoms with Crippen molar-refractivity contribution in [3.05, 3.63) is 98.8 Å². The summed E-state index contributed by atoms with van der Waals surface area (Å²) in [5.41, 5.74) is 0.946. The lowest BCUT2D eigenvalue weighted by molar-refractivity contribution is 0.0968. The van der Waals surface area contributed by atoms with E-state index in [0.717, 1.165) is 15.7 Å². The first-order chi connectivity index (χ1) is 15.0. The first-order valence-corrected chi connectivity index (χ1v) is 10.0. The van der Waals surface area contributed by atoms with Gasteiger partial charge in [-0.1, -0.05) is 60.7 Å². The van der Waals surface area contributed by atoms with Crippen molar-refractivity contribution >= 4 is 5.78 Å². The summed E-state index contributed by atoms with van der Waals surface area (Å²) in [4.78, 5) is 26.6. The summed E-state index contributed by atoms with van der Waals surface area (Å²) in [6.07, 6.45) is 0.451. The summed E-state index contributed by atoms with van der Waals surface area (Å²) in [5.74, 6) is -1.48. The van der Waals surface area contributed by atoms with Crippen LogP contribution in [0.3, 0.4) is 0 Å². The molecule has 1 heterocycles. The smallest absolute Gasteiger partial charge is 0.271 e. The van der Waals surface area contributed by atoms with E-state index in [-0.39, 0.29) is 29.0 Å². The molecule has 0 bridgehead atoms. The van der Waals surface area contributed by atoms with Gasteiger partial charge in [-0.05, 0) is 30.0 Å². The molecule has 3 aromatic rings. The highest BCUT2D eigenvalue weighted by atomic mass is 16.5. The van der Waals surface area contributed by atoms with Crippen LogP contribution >= 0.6 is 0 Å². The molecule has 6 nitrogen and oxygen atoms in total. The molecule has 0 atom stereocenters. The van der Waals surface area contributed by atoms with Crippen molar-refractivity contribution in [3.8, 4) is 11.9 Å². The highest BCUT2D eigenvalue weighted by Gasteiger charge is 2.31. The van der Waals surface area contributed by atoms with Crippen LogP contribution < -0.4 is 5.56 Å². The van der Waals surface area contributed by atoms with Crippen molar-refractivity contribution in [2.75, 3.05) is 13.7 Å². The number of Topliss-reactive ketones (excluding diaryl/α,β-unsaturated/α-hetero) is 1. The van der Waals surface area contributed by atoms with Crippen LogP contribution in [0.1, 0.15) is 45.0 Å². The number of aromatic nitrogens is 1. The fourth-order valence-electron chi connectivity index (χ4n) is 3.75. The average Bonchev–Trinajstić information content (AvgIpc) is 2.78. The zero-order valence-electron chi connectivity index (χ0n) is 17.5. The van der Waals surface area contributed by atoms with Gasteiger partial charge < -0.3 is 9.84 Å². The van der Waals surface area contributed by atoms with Crippen molar-refractivity contribution < 1.29 is 14.6 Å². The molecule has 0 spiro atoms. The number of rotatable bonds is 8. The number of ether oxygens (including phenoxy) is 1. The minimum atomic E-state index is -0.691. The Morgan fingerprint density at radius 1 is 1.10 bits per heavy atom. The van der Waals surface area contributed by atoms with E-state index in [4.69, 9.17) is 4.74 Å². The third kappa shape index (κ3) is 4.42. The van der Waals surface area contributed by atoms with E-state index < -0.39 is 17.4 Å². The molecule has 0 aliphatic carbocycles. The molecule has 0 amide bonds. The van der Waals surface area contributed by atoms with Crippen molar-refractivity contribution in [2.45, 2.75) is 25.8 Å². The maximum Gasteiger partial charge on any atom is 0.271 e. The molecule has 0 radical (unpaired) electrons. The second kappa shape index (κ2) is 9.88. The largest absolute Gasteiger partial charge is 0.494 e. The molecule has 0 aliphatic rings. The van der Waals surface area contributed by atoms with Crippen molar-refractivity contribution in [2.24, 2.45) is 0 Å². The van der Waals surface area contributed by atoms with Crippen molar-refractivity contribution in [1.82, 2.24) is 4.57 Å². The van der Waals surface area contributed by atoms with Gasteiger partial charge in [0.2, 0.25) is 5.88 Å². The predicted molar refractivity (Wildman–Crippen MR) is 117 cm³/mol. The lowest BCUT2D eigenvalue weighted by Crippen LogP contribution is -2.28. The van der Waals surface area contributed by atoms with Gasteiger partial charge in [0.05, 0.1) is 11.5 Å². The maximum atomic E-state index is 13.8. The van der Waals surface area contributed by atoms with E-state index in [2.05, 4.69) is 0 Å². The molecule has 158 valence electrons. The van der Waals surface area contributed by atoms with E-state index in [1.54, 1.807) is 0 Å². The molecule has 3 rings (SSSR count). The highest BCUT2D eigenvalue weighted by molar-refractivity contribution is 6.06. The van der Waals surface area contributed by atoms with Gasteiger partial charge in [-0.3, -0.25) is 14.2 Å². The topological polar surface area (TPSA) is 92.3 Å². The molecule has 0 aliphatic heterocycles. The number of methoxy groups -OCH3 is 1. The van der Waals surface area contributed by atoms with E-state index in [1.165, 1.54) is 14.0 Å². The average molecular weight is 416 g/mol. The second-order valence-corrected chi connectivity index (χ2v) is 7.23. The number of hydrogen-bond acceptors (Lipinski definition) is 5. The van der Waals surface area contributed by atoms with Crippen LogP contribution in [0.4, 0.5) is 0 Å². The Morgan fingerprint density at radius 3 is 2.13 bits per heavy atom. The van der Waals surface area contributed by atoms with Gasteiger partial charge >= 0.3 is 0 Å². The summed E-state index contributed by atoms with van der Waals surface area (Å²) in [6, 6.07) is 20.4. The number of aromatic hydroxyl groups is 1. The number of nitrogens with zero attached hydrogens (tertiary/aromatic N) is 2. The monoisotopic (exact) mass is 416 g/mol. The normalized spacial score (nSPS) is 10.8. The summed E-state index contributed by atoms with van der Waals surface area (Å²) in [7, 11) is 1.54. The molecule has 1 aromatic heterocycles. The lowest BCUT2D eigenvalue weighted by Gasteiger charge is -2.21. The van der Waals surface area contributed by atoms with Crippen LogP contribution in [-0.4, -0.2) is 29.2 Å². The molecule has 0 saturated heterocycles. The Morgan fingerprint density at radius 2 is 1.65 bits per heavy atom. The van der Waals surface area contributed by atoms with Gasteiger partial charge in [0, 0.05) is 20.3 Å². The number of hydrogen-bond donors (Lipinski definition) is 1. The number of carbonyl (C=O) groups excluding carboxylic acids is 1. The molecular formula is C25H24N2O4. The third-order valence-electron chi connectivity index (χ3n) is 5.30. The third-order valence-corrected chi connectivity index (χ3v) is 5.30. The second-order valence-electron chi connectivity index (χ2n) is 7.23. The number of benzene rings is 2. The zero-order chi connectivity index (χ0) is 22.4. The van der Waals surface area contributed by atoms with E-state index in [1.807, 2.05) is 66.7 Å². The Hall–Kier alpha value is -3.69. The minimum Gasteiger partial charge on any atom is -0.494 e. The first-order valence-electron chi connectivity index (χ1n) is 10.0. The summed E-state index contributed by atoms with van der Waals surface area (Å²) in [6.45, 7) is 2.04. The molecule has 0 saturated carbocycles. The van der Waals surface area contributed by atoms with E-state index >= 15 is 0 Å².